The van der Waals surface area contributed by atoms with E-state index in [0.717, 1.165) is 13.1 Å². The Bertz CT molecular complexity index is 611. The van der Waals surface area contributed by atoms with Crippen molar-refractivity contribution in [3.63, 3.8) is 0 Å². The number of nitrogens with one attached hydrogen (secondary N) is 2. The van der Waals surface area contributed by atoms with Gasteiger partial charge in [-0.25, -0.2) is 4.79 Å². The van der Waals surface area contributed by atoms with Crippen molar-refractivity contribution in [2.75, 3.05) is 37.6 Å². The Morgan fingerprint density at radius 1 is 1.09 bits per heavy atom. The molecule has 3 rings (SSSR count). The monoisotopic (exact) mass is 302 g/mol. The summed E-state index contributed by atoms with van der Waals surface area (Å²) in [4.78, 5) is 38.9. The van der Waals surface area contributed by atoms with Crippen molar-refractivity contribution >= 4 is 23.5 Å². The lowest BCUT2D eigenvalue weighted by molar-refractivity contribution is -0.120. The maximum atomic E-state index is 12.5. The van der Waals surface area contributed by atoms with Gasteiger partial charge in [0, 0.05) is 50.4 Å². The van der Waals surface area contributed by atoms with Crippen LogP contribution in [0.1, 0.15) is 16.8 Å². The van der Waals surface area contributed by atoms with Crippen LogP contribution < -0.4 is 15.5 Å². The van der Waals surface area contributed by atoms with Crippen molar-refractivity contribution in [1.29, 1.82) is 0 Å². The van der Waals surface area contributed by atoms with E-state index in [4.69, 9.17) is 0 Å². The molecule has 0 atom stereocenters. The molecular formula is C15H18N4O3. The van der Waals surface area contributed by atoms with E-state index >= 15 is 0 Å². The lowest BCUT2D eigenvalue weighted by Crippen LogP contribution is -2.49. The summed E-state index contributed by atoms with van der Waals surface area (Å²) in [7, 11) is 0. The predicted molar refractivity (Wildman–Crippen MR) is 80.7 cm³/mol. The fourth-order valence-corrected chi connectivity index (χ4v) is 2.67. The van der Waals surface area contributed by atoms with Gasteiger partial charge >= 0.3 is 6.03 Å². The average Bonchev–Trinajstić information content (AvgIpc) is 2.55. The molecule has 0 aromatic heterocycles. The highest BCUT2D eigenvalue weighted by Gasteiger charge is 2.25. The number of anilines is 1. The zero-order chi connectivity index (χ0) is 15.5. The average molecular weight is 302 g/mol. The maximum Gasteiger partial charge on any atom is 0.328 e. The van der Waals surface area contributed by atoms with Crippen LogP contribution in [0.3, 0.4) is 0 Å². The summed E-state index contributed by atoms with van der Waals surface area (Å²) >= 11 is 0. The minimum Gasteiger partial charge on any atom is -0.336 e. The van der Waals surface area contributed by atoms with E-state index in [-0.39, 0.29) is 18.2 Å². The molecule has 7 heteroatoms. The molecule has 2 fully saturated rings. The molecule has 0 unspecified atom stereocenters. The third kappa shape index (κ3) is 2.94. The number of nitrogens with zero attached hydrogens (tertiary/aromatic N) is 2. The molecule has 7 nitrogen and oxygen atoms in total. The topological polar surface area (TPSA) is 81.8 Å². The van der Waals surface area contributed by atoms with Crippen LogP contribution >= 0.6 is 0 Å². The lowest BCUT2D eigenvalue weighted by atomic mass is 10.1. The van der Waals surface area contributed by atoms with E-state index in [1.54, 1.807) is 29.2 Å². The molecule has 0 saturated carbocycles. The highest BCUT2D eigenvalue weighted by molar-refractivity contribution is 6.06. The van der Waals surface area contributed by atoms with E-state index in [0.29, 0.717) is 30.9 Å². The number of benzene rings is 1. The highest BCUT2D eigenvalue weighted by Crippen LogP contribution is 2.19. The van der Waals surface area contributed by atoms with Gasteiger partial charge in [-0.1, -0.05) is 6.07 Å². The molecule has 116 valence electrons. The highest BCUT2D eigenvalue weighted by atomic mass is 16.2. The summed E-state index contributed by atoms with van der Waals surface area (Å²) in [6.45, 7) is 3.28. The fourth-order valence-electron chi connectivity index (χ4n) is 2.67. The number of hydrogen-bond acceptors (Lipinski definition) is 4. The minimum atomic E-state index is -0.442. The van der Waals surface area contributed by atoms with E-state index in [1.165, 1.54) is 4.90 Å². The summed E-state index contributed by atoms with van der Waals surface area (Å²) in [5, 5.41) is 5.49. The molecule has 0 spiro atoms. The van der Waals surface area contributed by atoms with Crippen molar-refractivity contribution in [1.82, 2.24) is 15.5 Å². The molecule has 2 aliphatic heterocycles. The van der Waals surface area contributed by atoms with Crippen molar-refractivity contribution in [2.45, 2.75) is 6.42 Å². The third-order valence-corrected chi connectivity index (χ3v) is 3.86. The quantitative estimate of drug-likeness (QED) is 0.816. The molecule has 2 aliphatic rings. The van der Waals surface area contributed by atoms with Crippen LogP contribution in [0.2, 0.25) is 0 Å². The first-order chi connectivity index (χ1) is 10.6. The normalized spacial score (nSPS) is 19.1. The molecule has 2 heterocycles. The number of urea groups is 1. The van der Waals surface area contributed by atoms with Gasteiger partial charge in [0.25, 0.3) is 5.91 Å². The molecule has 1 aromatic carbocycles. The Balaban J connectivity index is 1.78. The van der Waals surface area contributed by atoms with Gasteiger partial charge in [0.1, 0.15) is 0 Å². The Morgan fingerprint density at radius 2 is 1.86 bits per heavy atom. The second kappa shape index (κ2) is 6.15. The molecule has 2 N–H and O–H groups in total. The summed E-state index contributed by atoms with van der Waals surface area (Å²) in [5.41, 5.74) is 1.19. The van der Waals surface area contributed by atoms with Crippen molar-refractivity contribution < 1.29 is 14.4 Å². The van der Waals surface area contributed by atoms with Crippen molar-refractivity contribution in [2.24, 2.45) is 0 Å². The number of carbonyl (C=O) groups is 3. The van der Waals surface area contributed by atoms with Crippen LogP contribution in [-0.4, -0.2) is 55.5 Å². The van der Waals surface area contributed by atoms with Crippen LogP contribution in [0.4, 0.5) is 10.5 Å². The molecule has 4 amide bonds. The van der Waals surface area contributed by atoms with Gasteiger partial charge in [0.2, 0.25) is 5.91 Å². The minimum absolute atomic E-state index is 0.0307. The summed E-state index contributed by atoms with van der Waals surface area (Å²) in [6, 6.07) is 6.54. The Hall–Kier alpha value is -2.41. The van der Waals surface area contributed by atoms with Gasteiger partial charge in [-0.3, -0.25) is 19.8 Å². The number of carbonyl (C=O) groups excluding carboxylic acids is 3. The zero-order valence-corrected chi connectivity index (χ0v) is 12.2. The fraction of sp³-hybridized carbons (Fsp3) is 0.400. The zero-order valence-electron chi connectivity index (χ0n) is 12.2. The van der Waals surface area contributed by atoms with Gasteiger partial charge in [-0.05, 0) is 18.2 Å². The van der Waals surface area contributed by atoms with Crippen LogP contribution in [0, 0.1) is 0 Å². The summed E-state index contributed by atoms with van der Waals surface area (Å²) in [5.74, 6) is -0.300. The first-order valence-corrected chi connectivity index (χ1v) is 7.36. The second-order valence-corrected chi connectivity index (χ2v) is 5.35. The van der Waals surface area contributed by atoms with Crippen LogP contribution in [0.25, 0.3) is 0 Å². The molecule has 22 heavy (non-hydrogen) atoms. The number of hydrogen-bond donors (Lipinski definition) is 2. The molecule has 0 aliphatic carbocycles. The molecular weight excluding hydrogens is 284 g/mol. The largest absolute Gasteiger partial charge is 0.336 e. The number of rotatable bonds is 2. The summed E-state index contributed by atoms with van der Waals surface area (Å²) < 4.78 is 0. The SMILES string of the molecule is O=C1CCN(c2cccc(C(=O)N3CCNCC3)c2)C(=O)N1. The van der Waals surface area contributed by atoms with Crippen LogP contribution in [0.15, 0.2) is 24.3 Å². The van der Waals surface area contributed by atoms with Gasteiger partial charge in [0.05, 0.1) is 0 Å². The number of piperazine rings is 1. The molecule has 0 radical (unpaired) electrons. The third-order valence-electron chi connectivity index (χ3n) is 3.86. The standard InChI is InChI=1S/C15H18N4O3/c20-13-4-7-19(15(22)17-13)12-3-1-2-11(10-12)14(21)18-8-5-16-6-9-18/h1-3,10,16H,4-9H2,(H,17,20,22). The van der Waals surface area contributed by atoms with E-state index in [2.05, 4.69) is 10.6 Å². The van der Waals surface area contributed by atoms with Crippen molar-refractivity contribution in [3.8, 4) is 0 Å². The number of amides is 4. The molecule has 1 aromatic rings. The van der Waals surface area contributed by atoms with Crippen LogP contribution in [0.5, 0.6) is 0 Å². The van der Waals surface area contributed by atoms with Gasteiger partial charge in [0.15, 0.2) is 0 Å². The Labute approximate surface area is 128 Å². The summed E-state index contributed by atoms with van der Waals surface area (Å²) in [6.07, 6.45) is 0.266. The van der Waals surface area contributed by atoms with E-state index in [1.807, 2.05) is 0 Å². The number of imide groups is 1. The smallest absolute Gasteiger partial charge is 0.328 e. The Morgan fingerprint density at radius 3 is 2.59 bits per heavy atom. The predicted octanol–water partition coefficient (Wildman–Crippen LogP) is 0.178. The molecule has 2 saturated heterocycles. The maximum absolute atomic E-state index is 12.5. The van der Waals surface area contributed by atoms with E-state index in [9.17, 15) is 14.4 Å². The van der Waals surface area contributed by atoms with E-state index < -0.39 is 6.03 Å². The first-order valence-electron chi connectivity index (χ1n) is 7.36. The molecule has 0 bridgehead atoms. The van der Waals surface area contributed by atoms with Gasteiger partial charge in [-0.15, -0.1) is 0 Å². The Kier molecular flexibility index (Phi) is 4.06. The van der Waals surface area contributed by atoms with Gasteiger partial charge in [-0.2, -0.15) is 0 Å². The van der Waals surface area contributed by atoms with Gasteiger partial charge < -0.3 is 10.2 Å². The second-order valence-electron chi connectivity index (χ2n) is 5.35. The first kappa shape index (κ1) is 14.5. The van der Waals surface area contributed by atoms with Crippen molar-refractivity contribution in [3.05, 3.63) is 29.8 Å². The lowest BCUT2D eigenvalue weighted by Gasteiger charge is -2.29. The van der Waals surface area contributed by atoms with Crippen LogP contribution in [-0.2, 0) is 4.79 Å².